The summed E-state index contributed by atoms with van der Waals surface area (Å²) in [4.78, 5) is 18.0. The number of aryl methyl sites for hydroxylation is 3. The second kappa shape index (κ2) is 5.52. The van der Waals surface area contributed by atoms with Crippen molar-refractivity contribution in [3.05, 3.63) is 45.8 Å². The number of fused-ring (bicyclic) bond motifs is 1. The van der Waals surface area contributed by atoms with Gasteiger partial charge in [0, 0.05) is 12.1 Å². The summed E-state index contributed by atoms with van der Waals surface area (Å²) in [6, 6.07) is 2.07. The second-order valence-electron chi connectivity index (χ2n) is 5.05. The smallest absolute Gasteiger partial charge is 0.160 e. The van der Waals surface area contributed by atoms with Crippen molar-refractivity contribution in [3.8, 4) is 0 Å². The molecule has 0 aliphatic carbocycles. The third-order valence-electron chi connectivity index (χ3n) is 3.41. The van der Waals surface area contributed by atoms with Gasteiger partial charge in [-0.3, -0.25) is 4.98 Å². The minimum Gasteiger partial charge on any atom is -0.307 e. The standard InChI is InChI=1S/C15H16BrN5/c1-4-13-20-14-9(2)5-10(3)19-15(14)21(13)8-11-6-18-12(16)7-17-11/h5-7H,4,8H2,1-3H3. The fraction of sp³-hybridized carbons (Fsp3) is 0.333. The zero-order chi connectivity index (χ0) is 15.0. The summed E-state index contributed by atoms with van der Waals surface area (Å²) in [7, 11) is 0. The van der Waals surface area contributed by atoms with Crippen LogP contribution in [0.1, 0.15) is 29.7 Å². The van der Waals surface area contributed by atoms with Crippen molar-refractivity contribution in [2.75, 3.05) is 0 Å². The monoisotopic (exact) mass is 345 g/mol. The van der Waals surface area contributed by atoms with E-state index in [0.717, 1.165) is 45.0 Å². The lowest BCUT2D eigenvalue weighted by Gasteiger charge is -2.07. The van der Waals surface area contributed by atoms with E-state index < -0.39 is 0 Å². The number of halogens is 1. The largest absolute Gasteiger partial charge is 0.307 e. The molecule has 0 radical (unpaired) electrons. The fourth-order valence-electron chi connectivity index (χ4n) is 2.47. The summed E-state index contributed by atoms with van der Waals surface area (Å²) < 4.78 is 2.87. The highest BCUT2D eigenvalue weighted by Gasteiger charge is 2.14. The van der Waals surface area contributed by atoms with Crippen LogP contribution in [0.3, 0.4) is 0 Å². The lowest BCUT2D eigenvalue weighted by atomic mass is 10.2. The molecule has 6 heteroatoms. The number of hydrogen-bond acceptors (Lipinski definition) is 4. The van der Waals surface area contributed by atoms with Crippen molar-refractivity contribution < 1.29 is 0 Å². The molecule has 3 aromatic rings. The molecule has 0 fully saturated rings. The molecule has 0 bridgehead atoms. The van der Waals surface area contributed by atoms with Crippen LogP contribution in [0.5, 0.6) is 0 Å². The maximum Gasteiger partial charge on any atom is 0.160 e. The molecule has 0 spiro atoms. The van der Waals surface area contributed by atoms with Crippen LogP contribution in [0.4, 0.5) is 0 Å². The van der Waals surface area contributed by atoms with E-state index >= 15 is 0 Å². The van der Waals surface area contributed by atoms with Crippen LogP contribution < -0.4 is 0 Å². The van der Waals surface area contributed by atoms with Crippen molar-refractivity contribution >= 4 is 27.1 Å². The lowest BCUT2D eigenvalue weighted by Crippen LogP contribution is -2.07. The first-order chi connectivity index (χ1) is 10.1. The summed E-state index contributed by atoms with van der Waals surface area (Å²) in [5.41, 5.74) is 4.96. The number of rotatable bonds is 3. The maximum absolute atomic E-state index is 4.73. The van der Waals surface area contributed by atoms with Gasteiger partial charge in [-0.05, 0) is 41.4 Å². The molecule has 0 saturated carbocycles. The number of imidazole rings is 1. The van der Waals surface area contributed by atoms with E-state index in [1.165, 1.54) is 0 Å². The van der Waals surface area contributed by atoms with Gasteiger partial charge in [-0.1, -0.05) is 6.92 Å². The molecule has 0 amide bonds. The first-order valence-corrected chi connectivity index (χ1v) is 7.67. The molecule has 0 aromatic carbocycles. The highest BCUT2D eigenvalue weighted by molar-refractivity contribution is 9.10. The van der Waals surface area contributed by atoms with Crippen molar-refractivity contribution in [2.45, 2.75) is 33.7 Å². The van der Waals surface area contributed by atoms with Crippen LogP contribution in [0.25, 0.3) is 11.2 Å². The van der Waals surface area contributed by atoms with Gasteiger partial charge in [0.1, 0.15) is 15.9 Å². The summed E-state index contributed by atoms with van der Waals surface area (Å²) in [5, 5.41) is 0. The Morgan fingerprint density at radius 3 is 2.62 bits per heavy atom. The Balaban J connectivity index is 2.13. The average Bonchev–Trinajstić information content (AvgIpc) is 2.80. The van der Waals surface area contributed by atoms with E-state index in [4.69, 9.17) is 4.98 Å². The highest BCUT2D eigenvalue weighted by Crippen LogP contribution is 2.20. The molecule has 21 heavy (non-hydrogen) atoms. The van der Waals surface area contributed by atoms with Gasteiger partial charge in [0.2, 0.25) is 0 Å². The third kappa shape index (κ3) is 2.68. The molecule has 3 heterocycles. The van der Waals surface area contributed by atoms with Crippen molar-refractivity contribution in [1.82, 2.24) is 24.5 Å². The Morgan fingerprint density at radius 2 is 1.95 bits per heavy atom. The summed E-state index contributed by atoms with van der Waals surface area (Å²) in [6.45, 7) is 6.82. The predicted octanol–water partition coefficient (Wildman–Crippen LogP) is 3.21. The van der Waals surface area contributed by atoms with Crippen molar-refractivity contribution in [2.24, 2.45) is 0 Å². The summed E-state index contributed by atoms with van der Waals surface area (Å²) in [6.07, 6.45) is 4.35. The fourth-order valence-corrected chi connectivity index (χ4v) is 2.67. The Labute approximate surface area is 131 Å². The summed E-state index contributed by atoms with van der Waals surface area (Å²) >= 11 is 3.31. The maximum atomic E-state index is 4.73. The van der Waals surface area contributed by atoms with E-state index in [2.05, 4.69) is 55.4 Å². The van der Waals surface area contributed by atoms with Crippen LogP contribution in [0.2, 0.25) is 0 Å². The first kappa shape index (κ1) is 14.1. The molecular formula is C15H16BrN5. The van der Waals surface area contributed by atoms with Crippen molar-refractivity contribution in [1.29, 1.82) is 0 Å². The Morgan fingerprint density at radius 1 is 1.14 bits per heavy atom. The molecule has 3 rings (SSSR count). The van der Waals surface area contributed by atoms with E-state index in [0.29, 0.717) is 6.54 Å². The molecule has 0 aliphatic heterocycles. The molecular weight excluding hydrogens is 330 g/mol. The van der Waals surface area contributed by atoms with E-state index in [-0.39, 0.29) is 0 Å². The number of nitrogens with zero attached hydrogens (tertiary/aromatic N) is 5. The molecule has 0 aliphatic rings. The first-order valence-electron chi connectivity index (χ1n) is 6.88. The van der Waals surface area contributed by atoms with E-state index in [1.54, 1.807) is 12.4 Å². The zero-order valence-electron chi connectivity index (χ0n) is 12.3. The van der Waals surface area contributed by atoms with Gasteiger partial charge in [0.25, 0.3) is 0 Å². The zero-order valence-corrected chi connectivity index (χ0v) is 13.8. The summed E-state index contributed by atoms with van der Waals surface area (Å²) in [5.74, 6) is 1.02. The SMILES string of the molecule is CCc1nc2c(C)cc(C)nc2n1Cc1cnc(Br)cn1. The second-order valence-corrected chi connectivity index (χ2v) is 5.86. The Bertz CT molecular complexity index is 792. The van der Waals surface area contributed by atoms with Gasteiger partial charge < -0.3 is 4.57 Å². The van der Waals surface area contributed by atoms with Crippen LogP contribution in [0.15, 0.2) is 23.1 Å². The molecule has 0 unspecified atom stereocenters. The van der Waals surface area contributed by atoms with Gasteiger partial charge in [0.15, 0.2) is 5.65 Å². The van der Waals surface area contributed by atoms with Crippen LogP contribution >= 0.6 is 15.9 Å². The topological polar surface area (TPSA) is 56.5 Å². The van der Waals surface area contributed by atoms with Crippen LogP contribution in [-0.2, 0) is 13.0 Å². The quantitative estimate of drug-likeness (QED) is 0.731. The normalized spacial score (nSPS) is 11.2. The molecule has 0 N–H and O–H groups in total. The van der Waals surface area contributed by atoms with Crippen LogP contribution in [0, 0.1) is 13.8 Å². The van der Waals surface area contributed by atoms with Crippen LogP contribution in [-0.4, -0.2) is 24.5 Å². The van der Waals surface area contributed by atoms with E-state index in [9.17, 15) is 0 Å². The minimum atomic E-state index is 0.635. The van der Waals surface area contributed by atoms with Gasteiger partial charge in [-0.2, -0.15) is 0 Å². The highest BCUT2D eigenvalue weighted by atomic mass is 79.9. The average molecular weight is 346 g/mol. The molecule has 3 aromatic heterocycles. The minimum absolute atomic E-state index is 0.635. The molecule has 0 atom stereocenters. The van der Waals surface area contributed by atoms with Gasteiger partial charge in [-0.25, -0.2) is 15.0 Å². The number of hydrogen-bond donors (Lipinski definition) is 0. The lowest BCUT2D eigenvalue weighted by molar-refractivity contribution is 0.724. The number of aromatic nitrogens is 5. The predicted molar refractivity (Wildman–Crippen MR) is 85.2 cm³/mol. The Hall–Kier alpha value is -1.82. The molecule has 5 nitrogen and oxygen atoms in total. The number of pyridine rings is 1. The molecule has 0 saturated heterocycles. The third-order valence-corrected chi connectivity index (χ3v) is 3.82. The molecule has 108 valence electrons. The van der Waals surface area contributed by atoms with Gasteiger partial charge in [-0.15, -0.1) is 0 Å². The van der Waals surface area contributed by atoms with Gasteiger partial charge in [0.05, 0.1) is 24.6 Å². The van der Waals surface area contributed by atoms with Crippen molar-refractivity contribution in [3.63, 3.8) is 0 Å². The van der Waals surface area contributed by atoms with E-state index in [1.807, 2.05) is 6.92 Å². The van der Waals surface area contributed by atoms with Gasteiger partial charge >= 0.3 is 0 Å². The Kier molecular flexibility index (Phi) is 3.71.